The molecule has 4 rings (SSSR count). The zero-order chi connectivity index (χ0) is 22.7. The van der Waals surface area contributed by atoms with Crippen LogP contribution in [0.25, 0.3) is 10.9 Å². The molecular formula is C24H29N5O2S. The summed E-state index contributed by atoms with van der Waals surface area (Å²) in [4.78, 5) is 30.6. The average Bonchev–Trinajstić information content (AvgIpc) is 3.04. The molecule has 0 saturated carbocycles. The Bertz CT molecular complexity index is 1240. The molecule has 0 spiro atoms. The van der Waals surface area contributed by atoms with Crippen molar-refractivity contribution in [3.63, 3.8) is 0 Å². The number of fused-ring (bicyclic) bond motifs is 1. The zero-order valence-corrected chi connectivity index (χ0v) is 19.7. The number of para-hydroxylation sites is 1. The lowest BCUT2D eigenvalue weighted by Crippen LogP contribution is -2.25. The Kier molecular flexibility index (Phi) is 6.79. The molecule has 1 aromatic carbocycles. The molecule has 2 aromatic heterocycles. The van der Waals surface area contributed by atoms with Gasteiger partial charge in [0.2, 0.25) is 5.91 Å². The fourth-order valence-electron chi connectivity index (χ4n) is 4.10. The van der Waals surface area contributed by atoms with E-state index in [9.17, 15) is 9.59 Å². The van der Waals surface area contributed by atoms with Gasteiger partial charge in [0.25, 0.3) is 5.56 Å². The van der Waals surface area contributed by atoms with Crippen molar-refractivity contribution in [2.24, 2.45) is 7.05 Å². The third-order valence-electron chi connectivity index (χ3n) is 5.97. The number of nitrogens with zero attached hydrogens (tertiary/aromatic N) is 4. The van der Waals surface area contributed by atoms with E-state index < -0.39 is 0 Å². The summed E-state index contributed by atoms with van der Waals surface area (Å²) in [6.07, 6.45) is 7.83. The second kappa shape index (κ2) is 9.73. The average molecular weight is 452 g/mol. The first-order valence-electron chi connectivity index (χ1n) is 11.0. The van der Waals surface area contributed by atoms with Crippen LogP contribution in [0.4, 0.5) is 5.69 Å². The number of allylic oxidation sites excluding steroid dienone is 2. The minimum atomic E-state index is -0.141. The molecule has 0 fully saturated rings. The molecule has 0 atom stereocenters. The lowest BCUT2D eigenvalue weighted by Gasteiger charge is -2.16. The van der Waals surface area contributed by atoms with Crippen molar-refractivity contribution in [1.82, 2.24) is 19.3 Å². The minimum Gasteiger partial charge on any atom is -0.322 e. The molecule has 0 saturated heterocycles. The number of carbonyl (C=O) groups is 1. The normalized spacial score (nSPS) is 13.9. The van der Waals surface area contributed by atoms with Crippen molar-refractivity contribution in [1.29, 1.82) is 0 Å². The highest BCUT2D eigenvalue weighted by atomic mass is 32.2. The molecule has 0 bridgehead atoms. The Morgan fingerprint density at radius 3 is 2.75 bits per heavy atom. The van der Waals surface area contributed by atoms with Crippen LogP contribution in [0.1, 0.15) is 43.5 Å². The lowest BCUT2D eigenvalue weighted by molar-refractivity contribution is -0.113. The van der Waals surface area contributed by atoms with Gasteiger partial charge < -0.3 is 5.32 Å². The SMILES string of the molecule is Cc1nn(C)c(C)c1NC(=O)CSc1nc2ccccc2c(=O)n1CCC1=CCCCC1. The van der Waals surface area contributed by atoms with Crippen LogP contribution in [0.15, 0.2) is 45.9 Å². The van der Waals surface area contributed by atoms with Crippen LogP contribution in [0.2, 0.25) is 0 Å². The topological polar surface area (TPSA) is 81.8 Å². The molecule has 168 valence electrons. The number of hydrogen-bond donors (Lipinski definition) is 1. The Morgan fingerprint density at radius 2 is 2.03 bits per heavy atom. The van der Waals surface area contributed by atoms with Crippen LogP contribution in [-0.2, 0) is 18.4 Å². The lowest BCUT2D eigenvalue weighted by atomic mass is 9.97. The highest BCUT2D eigenvalue weighted by Gasteiger charge is 2.16. The van der Waals surface area contributed by atoms with Crippen molar-refractivity contribution in [3.8, 4) is 0 Å². The second-order valence-corrected chi connectivity index (χ2v) is 9.18. The third kappa shape index (κ3) is 4.80. The van der Waals surface area contributed by atoms with Gasteiger partial charge >= 0.3 is 0 Å². The maximum absolute atomic E-state index is 13.2. The first-order chi connectivity index (χ1) is 15.4. The number of carbonyl (C=O) groups excluding carboxylic acids is 1. The fourth-order valence-corrected chi connectivity index (χ4v) is 4.93. The van der Waals surface area contributed by atoms with Gasteiger partial charge in [0.15, 0.2) is 5.16 Å². The van der Waals surface area contributed by atoms with Crippen LogP contribution in [0, 0.1) is 13.8 Å². The molecule has 1 aliphatic carbocycles. The Hall–Kier alpha value is -2.87. The highest BCUT2D eigenvalue weighted by Crippen LogP contribution is 2.24. The third-order valence-corrected chi connectivity index (χ3v) is 6.95. The quantitative estimate of drug-likeness (QED) is 0.328. The number of nitrogens with one attached hydrogen (secondary N) is 1. The maximum atomic E-state index is 13.2. The molecule has 1 aliphatic rings. The number of rotatable bonds is 7. The van der Waals surface area contributed by atoms with E-state index >= 15 is 0 Å². The van der Waals surface area contributed by atoms with Crippen LogP contribution in [0.3, 0.4) is 0 Å². The molecule has 7 nitrogen and oxygen atoms in total. The smallest absolute Gasteiger partial charge is 0.262 e. The summed E-state index contributed by atoms with van der Waals surface area (Å²) in [7, 11) is 1.85. The number of benzene rings is 1. The number of aryl methyl sites for hydroxylation is 2. The molecule has 0 unspecified atom stereocenters. The first-order valence-corrected chi connectivity index (χ1v) is 12.0. The van der Waals surface area contributed by atoms with E-state index in [0.717, 1.165) is 36.3 Å². The molecule has 3 aromatic rings. The summed E-state index contributed by atoms with van der Waals surface area (Å²) in [5.74, 6) is 0.0273. The van der Waals surface area contributed by atoms with Gasteiger partial charge in [0.05, 0.1) is 33.7 Å². The predicted molar refractivity (Wildman–Crippen MR) is 129 cm³/mol. The van der Waals surface area contributed by atoms with Gasteiger partial charge in [-0.3, -0.25) is 18.8 Å². The van der Waals surface area contributed by atoms with Crippen LogP contribution in [0.5, 0.6) is 0 Å². The molecule has 32 heavy (non-hydrogen) atoms. The summed E-state index contributed by atoms with van der Waals surface area (Å²) in [6.45, 7) is 4.37. The summed E-state index contributed by atoms with van der Waals surface area (Å²) in [6, 6.07) is 7.40. The van der Waals surface area contributed by atoms with Crippen LogP contribution in [-0.4, -0.2) is 31.0 Å². The van der Waals surface area contributed by atoms with E-state index in [4.69, 9.17) is 4.98 Å². The molecule has 0 radical (unpaired) electrons. The van der Waals surface area contributed by atoms with Crippen molar-refractivity contribution < 1.29 is 4.79 Å². The van der Waals surface area contributed by atoms with Crippen molar-refractivity contribution >= 4 is 34.3 Å². The first kappa shape index (κ1) is 22.3. The predicted octanol–water partition coefficient (Wildman–Crippen LogP) is 4.37. The molecular weight excluding hydrogens is 422 g/mol. The van der Waals surface area contributed by atoms with E-state index in [1.807, 2.05) is 45.2 Å². The van der Waals surface area contributed by atoms with Crippen molar-refractivity contribution in [3.05, 3.63) is 57.7 Å². The van der Waals surface area contributed by atoms with E-state index in [1.54, 1.807) is 9.25 Å². The molecule has 1 N–H and O–H groups in total. The van der Waals surface area contributed by atoms with Gasteiger partial charge in [-0.25, -0.2) is 4.98 Å². The number of anilines is 1. The number of thioether (sulfide) groups is 1. The maximum Gasteiger partial charge on any atom is 0.262 e. The molecule has 2 heterocycles. The van der Waals surface area contributed by atoms with Gasteiger partial charge in [-0.15, -0.1) is 0 Å². The van der Waals surface area contributed by atoms with Crippen molar-refractivity contribution in [2.45, 2.75) is 57.7 Å². The largest absolute Gasteiger partial charge is 0.322 e. The van der Waals surface area contributed by atoms with Gasteiger partial charge in [0, 0.05) is 13.6 Å². The minimum absolute atomic E-state index is 0.0473. The van der Waals surface area contributed by atoms with Crippen LogP contribution < -0.4 is 10.9 Å². The Balaban J connectivity index is 1.55. The van der Waals surface area contributed by atoms with E-state index in [0.29, 0.717) is 22.6 Å². The molecule has 8 heteroatoms. The Labute approximate surface area is 191 Å². The summed E-state index contributed by atoms with van der Waals surface area (Å²) in [5.41, 5.74) is 4.45. The van der Waals surface area contributed by atoms with Gasteiger partial charge in [-0.2, -0.15) is 5.10 Å². The summed E-state index contributed by atoms with van der Waals surface area (Å²) in [5, 5.41) is 8.49. The van der Waals surface area contributed by atoms with E-state index in [-0.39, 0.29) is 17.2 Å². The standard InChI is InChI=1S/C24H29N5O2S/c1-16-22(17(2)28(3)27-16)26-21(30)15-32-24-25-20-12-8-7-11-19(20)23(31)29(24)14-13-18-9-5-4-6-10-18/h7-9,11-12H,4-6,10,13-15H2,1-3H3,(H,26,30). The number of hydrogen-bond acceptors (Lipinski definition) is 5. The van der Waals surface area contributed by atoms with Crippen molar-refractivity contribution in [2.75, 3.05) is 11.1 Å². The summed E-state index contributed by atoms with van der Waals surface area (Å²) >= 11 is 1.30. The fraction of sp³-hybridized carbons (Fsp3) is 0.417. The van der Waals surface area contributed by atoms with Gasteiger partial charge in [-0.05, 0) is 58.1 Å². The van der Waals surface area contributed by atoms with Gasteiger partial charge in [-0.1, -0.05) is 35.5 Å². The summed E-state index contributed by atoms with van der Waals surface area (Å²) < 4.78 is 3.48. The molecule has 1 amide bonds. The highest BCUT2D eigenvalue weighted by molar-refractivity contribution is 7.99. The van der Waals surface area contributed by atoms with Gasteiger partial charge in [0.1, 0.15) is 0 Å². The Morgan fingerprint density at radius 1 is 1.22 bits per heavy atom. The molecule has 0 aliphatic heterocycles. The number of amides is 1. The van der Waals surface area contributed by atoms with E-state index in [1.165, 1.54) is 30.2 Å². The zero-order valence-electron chi connectivity index (χ0n) is 18.9. The number of aromatic nitrogens is 4. The second-order valence-electron chi connectivity index (χ2n) is 8.23. The van der Waals surface area contributed by atoms with E-state index in [2.05, 4.69) is 16.5 Å². The van der Waals surface area contributed by atoms with Crippen LogP contribution >= 0.6 is 11.8 Å². The monoisotopic (exact) mass is 451 g/mol.